The Bertz CT molecular complexity index is 623. The van der Waals surface area contributed by atoms with Crippen molar-refractivity contribution in [2.45, 2.75) is 26.7 Å². The summed E-state index contributed by atoms with van der Waals surface area (Å²) in [6.45, 7) is 6.05. The quantitative estimate of drug-likeness (QED) is 0.911. The lowest BCUT2D eigenvalue weighted by molar-refractivity contribution is 0.565. The summed E-state index contributed by atoms with van der Waals surface area (Å²) in [4.78, 5) is 7.87. The summed E-state index contributed by atoms with van der Waals surface area (Å²) < 4.78 is 1.01. The molecule has 0 radical (unpaired) electrons. The van der Waals surface area contributed by atoms with Gasteiger partial charge in [-0.2, -0.15) is 5.26 Å². The second-order valence-electron chi connectivity index (χ2n) is 4.93. The normalized spacial score (nSPS) is 12.4. The highest BCUT2D eigenvalue weighted by atomic mass is 79.9. The number of rotatable bonds is 3. The van der Waals surface area contributed by atoms with Gasteiger partial charge in [0.2, 0.25) is 0 Å². The van der Waals surface area contributed by atoms with Crippen molar-refractivity contribution in [3.8, 4) is 17.3 Å². The van der Waals surface area contributed by atoms with Gasteiger partial charge in [-0.05, 0) is 18.9 Å². The molecular weight excluding hydrogens is 302 g/mol. The maximum atomic E-state index is 9.26. The number of nitrogens with zero attached hydrogens (tertiary/aromatic N) is 2. The first kappa shape index (κ1) is 13.8. The fourth-order valence-electron chi connectivity index (χ4n) is 2.07. The summed E-state index contributed by atoms with van der Waals surface area (Å²) >= 11 is 3.54. The average Bonchev–Trinajstić information content (AvgIpc) is 2.72. The third-order valence-corrected chi connectivity index (χ3v) is 3.82. The van der Waals surface area contributed by atoms with E-state index in [2.05, 4.69) is 32.0 Å². The van der Waals surface area contributed by atoms with E-state index in [1.165, 1.54) is 0 Å². The topological polar surface area (TPSA) is 52.5 Å². The van der Waals surface area contributed by atoms with Gasteiger partial charge in [-0.25, -0.2) is 4.98 Å². The van der Waals surface area contributed by atoms with Gasteiger partial charge in [-0.3, -0.25) is 0 Å². The van der Waals surface area contributed by atoms with Crippen LogP contribution in [0.5, 0.6) is 0 Å². The molecule has 0 fully saturated rings. The SMILES string of the molecule is Cc1[nH]c(C(C#N)C(C)C)nc1-c1ccccc1Br. The van der Waals surface area contributed by atoms with Gasteiger partial charge in [-0.1, -0.05) is 48.0 Å². The zero-order valence-electron chi connectivity index (χ0n) is 11.2. The molecule has 3 nitrogen and oxygen atoms in total. The number of hydrogen-bond acceptors (Lipinski definition) is 2. The van der Waals surface area contributed by atoms with Crippen molar-refractivity contribution in [1.82, 2.24) is 9.97 Å². The predicted octanol–water partition coefficient (Wildman–Crippen LogP) is 4.41. The summed E-state index contributed by atoms with van der Waals surface area (Å²) in [7, 11) is 0. The first-order valence-electron chi connectivity index (χ1n) is 6.25. The number of H-pyrrole nitrogens is 1. The van der Waals surface area contributed by atoms with E-state index in [0.29, 0.717) is 0 Å². The molecule has 0 saturated heterocycles. The Morgan fingerprint density at radius 2 is 2.00 bits per heavy atom. The van der Waals surface area contributed by atoms with Crippen LogP contribution in [0, 0.1) is 24.2 Å². The smallest absolute Gasteiger partial charge is 0.124 e. The van der Waals surface area contributed by atoms with Crippen LogP contribution in [0.1, 0.15) is 31.3 Å². The molecule has 2 aromatic rings. The van der Waals surface area contributed by atoms with E-state index in [1.807, 2.05) is 45.0 Å². The maximum absolute atomic E-state index is 9.26. The van der Waals surface area contributed by atoms with Gasteiger partial charge < -0.3 is 4.98 Å². The van der Waals surface area contributed by atoms with Crippen LogP contribution < -0.4 is 0 Å². The molecule has 4 heteroatoms. The number of aromatic nitrogens is 2. The van der Waals surface area contributed by atoms with Crippen LogP contribution in [0.3, 0.4) is 0 Å². The zero-order valence-corrected chi connectivity index (χ0v) is 12.8. The Hall–Kier alpha value is -1.60. The Labute approximate surface area is 121 Å². The molecule has 1 unspecified atom stereocenters. The van der Waals surface area contributed by atoms with Crippen molar-refractivity contribution < 1.29 is 0 Å². The third kappa shape index (κ3) is 2.71. The molecule has 2 rings (SSSR count). The molecule has 1 aromatic carbocycles. The first-order valence-corrected chi connectivity index (χ1v) is 7.05. The standard InChI is InChI=1S/C15H16BrN3/c1-9(2)12(8-17)15-18-10(3)14(19-15)11-6-4-5-7-13(11)16/h4-7,9,12H,1-3H3,(H,18,19). The van der Waals surface area contributed by atoms with Gasteiger partial charge in [0.1, 0.15) is 11.7 Å². The predicted molar refractivity (Wildman–Crippen MR) is 79.7 cm³/mol. The van der Waals surface area contributed by atoms with Crippen LogP contribution in [0.25, 0.3) is 11.3 Å². The molecule has 0 aliphatic carbocycles. The molecule has 0 saturated carbocycles. The average molecular weight is 318 g/mol. The summed E-state index contributed by atoms with van der Waals surface area (Å²) in [6, 6.07) is 10.3. The number of aromatic amines is 1. The van der Waals surface area contributed by atoms with Crippen LogP contribution in [-0.2, 0) is 0 Å². The number of hydrogen-bond donors (Lipinski definition) is 1. The van der Waals surface area contributed by atoms with Crippen LogP contribution in [-0.4, -0.2) is 9.97 Å². The molecule has 1 N–H and O–H groups in total. The second-order valence-corrected chi connectivity index (χ2v) is 5.78. The summed E-state index contributed by atoms with van der Waals surface area (Å²) in [5.41, 5.74) is 2.94. The number of halogens is 1. The zero-order chi connectivity index (χ0) is 14.0. The molecular formula is C15H16BrN3. The van der Waals surface area contributed by atoms with E-state index in [1.54, 1.807) is 0 Å². The fraction of sp³-hybridized carbons (Fsp3) is 0.333. The first-order chi connectivity index (χ1) is 9.04. The van der Waals surface area contributed by atoms with Crippen LogP contribution in [0.2, 0.25) is 0 Å². The van der Waals surface area contributed by atoms with Crippen molar-refractivity contribution in [3.63, 3.8) is 0 Å². The molecule has 98 valence electrons. The second kappa shape index (κ2) is 5.58. The molecule has 1 aromatic heterocycles. The molecule has 0 bridgehead atoms. The van der Waals surface area contributed by atoms with Gasteiger partial charge in [-0.15, -0.1) is 0 Å². The lowest BCUT2D eigenvalue weighted by Crippen LogP contribution is -2.06. The number of nitriles is 1. The summed E-state index contributed by atoms with van der Waals surface area (Å²) in [6.07, 6.45) is 0. The highest BCUT2D eigenvalue weighted by molar-refractivity contribution is 9.10. The lowest BCUT2D eigenvalue weighted by Gasteiger charge is -2.09. The molecule has 0 spiro atoms. The minimum Gasteiger partial charge on any atom is -0.344 e. The Morgan fingerprint density at radius 3 is 2.58 bits per heavy atom. The highest BCUT2D eigenvalue weighted by Gasteiger charge is 2.21. The van der Waals surface area contributed by atoms with E-state index in [-0.39, 0.29) is 11.8 Å². The largest absolute Gasteiger partial charge is 0.344 e. The molecule has 1 heterocycles. The summed E-state index contributed by atoms with van der Waals surface area (Å²) in [5.74, 6) is 0.790. The Kier molecular flexibility index (Phi) is 4.06. The number of nitrogens with one attached hydrogen (secondary N) is 1. The molecule has 1 atom stereocenters. The molecule has 0 aliphatic heterocycles. The van der Waals surface area contributed by atoms with E-state index in [9.17, 15) is 5.26 Å². The van der Waals surface area contributed by atoms with Crippen molar-refractivity contribution in [2.75, 3.05) is 0 Å². The third-order valence-electron chi connectivity index (χ3n) is 3.13. The van der Waals surface area contributed by atoms with Crippen LogP contribution in [0.4, 0.5) is 0 Å². The fourth-order valence-corrected chi connectivity index (χ4v) is 2.54. The van der Waals surface area contributed by atoms with Crippen molar-refractivity contribution in [1.29, 1.82) is 5.26 Å². The maximum Gasteiger partial charge on any atom is 0.124 e. The monoisotopic (exact) mass is 317 g/mol. The minimum absolute atomic E-state index is 0.199. The van der Waals surface area contributed by atoms with E-state index in [4.69, 9.17) is 0 Å². The highest BCUT2D eigenvalue weighted by Crippen LogP contribution is 2.31. The van der Waals surface area contributed by atoms with E-state index < -0.39 is 0 Å². The van der Waals surface area contributed by atoms with Crippen molar-refractivity contribution >= 4 is 15.9 Å². The van der Waals surface area contributed by atoms with Crippen LogP contribution >= 0.6 is 15.9 Å². The van der Waals surface area contributed by atoms with Crippen molar-refractivity contribution in [3.05, 3.63) is 40.3 Å². The van der Waals surface area contributed by atoms with Gasteiger partial charge in [0.05, 0.1) is 11.8 Å². The van der Waals surface area contributed by atoms with E-state index >= 15 is 0 Å². The van der Waals surface area contributed by atoms with Crippen LogP contribution in [0.15, 0.2) is 28.7 Å². The minimum atomic E-state index is -0.199. The molecule has 0 amide bonds. The summed E-state index contributed by atoms with van der Waals surface area (Å²) in [5, 5.41) is 9.26. The van der Waals surface area contributed by atoms with Gasteiger partial charge in [0.25, 0.3) is 0 Å². The molecule has 0 aliphatic rings. The van der Waals surface area contributed by atoms with Gasteiger partial charge >= 0.3 is 0 Å². The number of benzene rings is 1. The Balaban J connectivity index is 2.49. The number of imidazole rings is 1. The van der Waals surface area contributed by atoms with Gasteiger partial charge in [0.15, 0.2) is 0 Å². The lowest BCUT2D eigenvalue weighted by atomic mass is 9.97. The van der Waals surface area contributed by atoms with E-state index in [0.717, 1.165) is 27.2 Å². The molecule has 19 heavy (non-hydrogen) atoms. The Morgan fingerprint density at radius 1 is 1.32 bits per heavy atom. The van der Waals surface area contributed by atoms with Gasteiger partial charge in [0, 0.05) is 15.7 Å². The number of aryl methyl sites for hydroxylation is 1. The van der Waals surface area contributed by atoms with Crippen molar-refractivity contribution in [2.24, 2.45) is 5.92 Å².